The fourth-order valence-corrected chi connectivity index (χ4v) is 1.91. The molecule has 19 heavy (non-hydrogen) atoms. The number of aromatic nitrogens is 2. The minimum Gasteiger partial charge on any atom is -0.389 e. The van der Waals surface area contributed by atoms with Crippen LogP contribution < -0.4 is 5.73 Å². The van der Waals surface area contributed by atoms with Crippen LogP contribution in [0, 0.1) is 6.92 Å². The van der Waals surface area contributed by atoms with E-state index in [0.29, 0.717) is 5.69 Å². The summed E-state index contributed by atoms with van der Waals surface area (Å²) in [5, 5.41) is 3.74. The second kappa shape index (κ2) is 4.65. The number of hydrogen-bond acceptors (Lipinski definition) is 2. The number of halogens is 3. The molecule has 0 fully saturated rings. The molecule has 0 radical (unpaired) electrons. The Balaban J connectivity index is 2.68. The van der Waals surface area contributed by atoms with Gasteiger partial charge in [0.25, 0.3) is 0 Å². The van der Waals surface area contributed by atoms with Crippen LogP contribution in [0.2, 0.25) is 0 Å². The van der Waals surface area contributed by atoms with Crippen molar-refractivity contribution in [2.75, 3.05) is 0 Å². The monoisotopic (exact) mass is 285 g/mol. The van der Waals surface area contributed by atoms with E-state index in [0.717, 1.165) is 16.4 Å². The highest BCUT2D eigenvalue weighted by atomic mass is 32.1. The molecule has 3 nitrogen and oxygen atoms in total. The molecular formula is C12H10F3N3S. The van der Waals surface area contributed by atoms with Crippen molar-refractivity contribution in [3.8, 4) is 5.69 Å². The first-order valence-corrected chi connectivity index (χ1v) is 5.73. The molecule has 1 heterocycles. The Bertz CT molecular complexity index is 631. The molecule has 0 amide bonds. The van der Waals surface area contributed by atoms with Gasteiger partial charge in [-0.15, -0.1) is 0 Å². The van der Waals surface area contributed by atoms with Crippen LogP contribution in [0.4, 0.5) is 13.2 Å². The quantitative estimate of drug-likeness (QED) is 0.863. The average Bonchev–Trinajstić information content (AvgIpc) is 2.73. The van der Waals surface area contributed by atoms with Gasteiger partial charge in [-0.2, -0.15) is 18.3 Å². The van der Waals surface area contributed by atoms with E-state index in [4.69, 9.17) is 5.73 Å². The second-order valence-corrected chi connectivity index (χ2v) is 4.46. The molecule has 0 aliphatic heterocycles. The highest BCUT2D eigenvalue weighted by Gasteiger charge is 2.39. The van der Waals surface area contributed by atoms with Gasteiger partial charge in [-0.25, -0.2) is 4.68 Å². The minimum absolute atomic E-state index is 0.274. The van der Waals surface area contributed by atoms with Crippen LogP contribution in [0.25, 0.3) is 5.69 Å². The summed E-state index contributed by atoms with van der Waals surface area (Å²) in [5.41, 5.74) is 5.23. The van der Waals surface area contributed by atoms with Crippen LogP contribution in [-0.2, 0) is 6.18 Å². The highest BCUT2D eigenvalue weighted by Crippen LogP contribution is 2.33. The first-order chi connectivity index (χ1) is 8.80. The van der Waals surface area contributed by atoms with E-state index in [-0.39, 0.29) is 10.6 Å². The molecule has 0 unspecified atom stereocenters. The molecule has 0 aliphatic carbocycles. The van der Waals surface area contributed by atoms with Crippen molar-refractivity contribution in [3.05, 3.63) is 47.3 Å². The van der Waals surface area contributed by atoms with Crippen LogP contribution in [0.15, 0.2) is 30.5 Å². The first-order valence-electron chi connectivity index (χ1n) is 5.33. The number of nitrogens with two attached hydrogens (primary N) is 1. The van der Waals surface area contributed by atoms with Crippen molar-refractivity contribution < 1.29 is 13.2 Å². The van der Waals surface area contributed by atoms with Gasteiger partial charge in [0.05, 0.1) is 17.4 Å². The molecule has 100 valence electrons. The summed E-state index contributed by atoms with van der Waals surface area (Å²) < 4.78 is 40.1. The van der Waals surface area contributed by atoms with Gasteiger partial charge in [-0.05, 0) is 24.6 Å². The first kappa shape index (κ1) is 13.5. The Hall–Kier alpha value is -1.89. The Kier molecular flexibility index (Phi) is 3.32. The predicted molar refractivity (Wildman–Crippen MR) is 69.2 cm³/mol. The number of thiocarbonyl (C=S) groups is 1. The zero-order chi connectivity index (χ0) is 14.2. The van der Waals surface area contributed by atoms with Crippen molar-refractivity contribution in [2.45, 2.75) is 13.1 Å². The molecule has 0 spiro atoms. The summed E-state index contributed by atoms with van der Waals surface area (Å²) in [6.07, 6.45) is -3.55. The van der Waals surface area contributed by atoms with Gasteiger partial charge < -0.3 is 5.73 Å². The van der Waals surface area contributed by atoms with E-state index in [1.807, 2.05) is 0 Å². The molecular weight excluding hydrogens is 275 g/mol. The number of rotatable bonds is 2. The molecule has 0 aliphatic rings. The molecule has 0 atom stereocenters. The van der Waals surface area contributed by atoms with Crippen molar-refractivity contribution in [1.82, 2.24) is 9.78 Å². The Labute approximate surface area is 112 Å². The van der Waals surface area contributed by atoms with Crippen LogP contribution in [0.5, 0.6) is 0 Å². The molecule has 0 saturated heterocycles. The fraction of sp³-hybridized carbons (Fsp3) is 0.167. The smallest absolute Gasteiger partial charge is 0.389 e. The number of nitrogens with zero attached hydrogens (tertiary/aromatic N) is 2. The molecule has 7 heteroatoms. The number of benzene rings is 1. The van der Waals surface area contributed by atoms with Crippen LogP contribution >= 0.6 is 12.2 Å². The van der Waals surface area contributed by atoms with Gasteiger partial charge in [-0.3, -0.25) is 0 Å². The van der Waals surface area contributed by atoms with Crippen LogP contribution in [0.1, 0.15) is 16.8 Å². The fourth-order valence-electron chi connectivity index (χ4n) is 1.76. The summed E-state index contributed by atoms with van der Waals surface area (Å²) in [7, 11) is 0. The predicted octanol–water partition coefficient (Wildman–Crippen LogP) is 2.83. The molecule has 1 aromatic carbocycles. The van der Waals surface area contributed by atoms with Crippen molar-refractivity contribution in [2.24, 2.45) is 5.73 Å². The molecule has 2 aromatic rings. The number of alkyl halides is 3. The van der Waals surface area contributed by atoms with Gasteiger partial charge in [-0.1, -0.05) is 24.4 Å². The maximum absolute atomic E-state index is 13.1. The van der Waals surface area contributed by atoms with E-state index in [9.17, 15) is 13.2 Å². The zero-order valence-electron chi connectivity index (χ0n) is 9.90. The number of hydrogen-bond donors (Lipinski definition) is 1. The van der Waals surface area contributed by atoms with E-state index in [1.165, 1.54) is 0 Å². The van der Waals surface area contributed by atoms with Crippen molar-refractivity contribution in [1.29, 1.82) is 0 Å². The average molecular weight is 285 g/mol. The Morgan fingerprint density at radius 2 is 2.05 bits per heavy atom. The van der Waals surface area contributed by atoms with Crippen LogP contribution in [0.3, 0.4) is 0 Å². The minimum atomic E-state index is -4.58. The Morgan fingerprint density at radius 1 is 1.37 bits per heavy atom. The van der Waals surface area contributed by atoms with Gasteiger partial charge in [0.1, 0.15) is 4.99 Å². The van der Waals surface area contributed by atoms with Crippen LogP contribution in [-0.4, -0.2) is 14.8 Å². The summed E-state index contributed by atoms with van der Waals surface area (Å²) in [4.78, 5) is -0.328. The third-order valence-electron chi connectivity index (χ3n) is 2.55. The summed E-state index contributed by atoms with van der Waals surface area (Å²) in [6, 6.07) is 6.59. The van der Waals surface area contributed by atoms with Crippen molar-refractivity contribution in [3.63, 3.8) is 0 Å². The summed E-state index contributed by atoms with van der Waals surface area (Å²) >= 11 is 4.63. The van der Waals surface area contributed by atoms with E-state index in [1.54, 1.807) is 31.2 Å². The molecule has 0 saturated carbocycles. The normalized spacial score (nSPS) is 11.6. The largest absolute Gasteiger partial charge is 0.434 e. The van der Waals surface area contributed by atoms with Gasteiger partial charge in [0.15, 0.2) is 5.69 Å². The lowest BCUT2D eigenvalue weighted by Gasteiger charge is -2.12. The second-order valence-electron chi connectivity index (χ2n) is 4.02. The topological polar surface area (TPSA) is 43.8 Å². The Morgan fingerprint density at radius 3 is 2.58 bits per heavy atom. The molecule has 2 N–H and O–H groups in total. The lowest BCUT2D eigenvalue weighted by Crippen LogP contribution is -2.20. The van der Waals surface area contributed by atoms with E-state index >= 15 is 0 Å². The maximum atomic E-state index is 13.1. The summed E-state index contributed by atoms with van der Waals surface area (Å²) in [6.45, 7) is 1.79. The van der Waals surface area contributed by atoms with Gasteiger partial charge in [0.2, 0.25) is 0 Å². The zero-order valence-corrected chi connectivity index (χ0v) is 10.7. The molecule has 1 aromatic heterocycles. The maximum Gasteiger partial charge on any atom is 0.434 e. The van der Waals surface area contributed by atoms with E-state index in [2.05, 4.69) is 17.3 Å². The summed E-state index contributed by atoms with van der Waals surface area (Å²) in [5.74, 6) is 0. The lowest BCUT2D eigenvalue weighted by atomic mass is 10.2. The number of aryl methyl sites for hydroxylation is 1. The lowest BCUT2D eigenvalue weighted by molar-refractivity contribution is -0.142. The molecule has 0 bridgehead atoms. The van der Waals surface area contributed by atoms with Crippen molar-refractivity contribution >= 4 is 17.2 Å². The van der Waals surface area contributed by atoms with E-state index < -0.39 is 11.9 Å². The van der Waals surface area contributed by atoms with Gasteiger partial charge >= 0.3 is 6.18 Å². The molecule has 2 rings (SSSR count). The SMILES string of the molecule is Cc1cccc(-n2ncc(C(N)=S)c2C(F)(F)F)c1. The standard InChI is InChI=1S/C12H10F3N3S/c1-7-3-2-4-8(5-7)18-10(12(13,14)15)9(6-17-18)11(16)19/h2-6H,1H3,(H2,16,19). The third-order valence-corrected chi connectivity index (χ3v) is 2.77. The van der Waals surface area contributed by atoms with Gasteiger partial charge in [0, 0.05) is 0 Å². The third kappa shape index (κ3) is 2.60. The highest BCUT2D eigenvalue weighted by molar-refractivity contribution is 7.80.